The molecule has 5 nitrogen and oxygen atoms in total. The molecule has 6 heteroatoms. The lowest BCUT2D eigenvalue weighted by Gasteiger charge is -2.32. The number of hydrogen-bond donors (Lipinski definition) is 0. The summed E-state index contributed by atoms with van der Waals surface area (Å²) in [5, 5.41) is 0. The number of nitrogens with zero attached hydrogens (tertiary/aromatic N) is 3. The molecule has 3 rings (SSSR count). The number of aromatic nitrogens is 2. The predicted molar refractivity (Wildman–Crippen MR) is 88.9 cm³/mol. The van der Waals surface area contributed by atoms with E-state index < -0.39 is 0 Å². The lowest BCUT2D eigenvalue weighted by atomic mass is 9.89. The molecule has 0 amide bonds. The molecule has 0 N–H and O–H groups in total. The summed E-state index contributed by atoms with van der Waals surface area (Å²) in [6.07, 6.45) is 4.73. The van der Waals surface area contributed by atoms with E-state index in [1.54, 1.807) is 24.5 Å². The minimum atomic E-state index is -0.326. The highest BCUT2D eigenvalue weighted by atomic mass is 19.1. The molecule has 0 atom stereocenters. The van der Waals surface area contributed by atoms with Gasteiger partial charge in [-0.15, -0.1) is 0 Å². The van der Waals surface area contributed by atoms with Crippen molar-refractivity contribution in [2.45, 2.75) is 19.8 Å². The first-order valence-corrected chi connectivity index (χ1v) is 8.17. The van der Waals surface area contributed by atoms with Crippen LogP contribution in [0.15, 0.2) is 36.7 Å². The average molecular weight is 329 g/mol. The fourth-order valence-corrected chi connectivity index (χ4v) is 2.98. The second kappa shape index (κ2) is 7.38. The molecule has 0 unspecified atom stereocenters. The minimum absolute atomic E-state index is 0.0427. The van der Waals surface area contributed by atoms with Crippen LogP contribution in [-0.2, 0) is 0 Å². The second-order valence-corrected chi connectivity index (χ2v) is 5.75. The Labute approximate surface area is 140 Å². The summed E-state index contributed by atoms with van der Waals surface area (Å²) in [6, 6.07) is 5.77. The maximum Gasteiger partial charge on any atom is 0.257 e. The molecule has 1 aromatic carbocycles. The van der Waals surface area contributed by atoms with Crippen molar-refractivity contribution in [1.29, 1.82) is 0 Å². The molecule has 2 aromatic rings. The van der Waals surface area contributed by atoms with E-state index in [1.807, 2.05) is 6.92 Å². The fourth-order valence-electron chi connectivity index (χ4n) is 2.98. The third-order valence-corrected chi connectivity index (χ3v) is 4.22. The van der Waals surface area contributed by atoms with Gasteiger partial charge in [-0.05, 0) is 44.0 Å². The average Bonchev–Trinajstić information content (AvgIpc) is 2.63. The zero-order valence-electron chi connectivity index (χ0n) is 13.6. The van der Waals surface area contributed by atoms with E-state index >= 15 is 0 Å². The molecule has 1 aliphatic heterocycles. The standard InChI is InChI=1S/C18H20FN3O2/c1-2-24-18-17(20-9-10-21-18)22-11-7-14(8-12-22)16(23)13-3-5-15(19)6-4-13/h3-6,9-10,14H,2,7-8,11-12H2,1H3. The highest BCUT2D eigenvalue weighted by Crippen LogP contribution is 2.29. The van der Waals surface area contributed by atoms with Gasteiger partial charge in [-0.25, -0.2) is 14.4 Å². The topological polar surface area (TPSA) is 55.3 Å². The smallest absolute Gasteiger partial charge is 0.257 e. The molecule has 1 aliphatic rings. The highest BCUT2D eigenvalue weighted by molar-refractivity contribution is 5.97. The minimum Gasteiger partial charge on any atom is -0.475 e. The van der Waals surface area contributed by atoms with Gasteiger partial charge >= 0.3 is 0 Å². The maximum absolute atomic E-state index is 13.0. The number of ketones is 1. The molecule has 0 spiro atoms. The van der Waals surface area contributed by atoms with Gasteiger partial charge in [0, 0.05) is 37.0 Å². The lowest BCUT2D eigenvalue weighted by molar-refractivity contribution is 0.0900. The van der Waals surface area contributed by atoms with Crippen molar-refractivity contribution < 1.29 is 13.9 Å². The van der Waals surface area contributed by atoms with Crippen LogP contribution in [0.5, 0.6) is 5.88 Å². The number of halogens is 1. The molecule has 0 bridgehead atoms. The van der Waals surface area contributed by atoms with Gasteiger partial charge in [-0.1, -0.05) is 0 Å². The Kier molecular flexibility index (Phi) is 5.03. The molecule has 24 heavy (non-hydrogen) atoms. The number of piperidine rings is 1. The van der Waals surface area contributed by atoms with Crippen molar-refractivity contribution in [1.82, 2.24) is 9.97 Å². The first kappa shape index (κ1) is 16.4. The van der Waals surface area contributed by atoms with Crippen molar-refractivity contribution >= 4 is 11.6 Å². The Bertz CT molecular complexity index is 698. The maximum atomic E-state index is 13.0. The van der Waals surface area contributed by atoms with Crippen LogP contribution in [0.1, 0.15) is 30.1 Å². The summed E-state index contributed by atoms with van der Waals surface area (Å²) in [5.41, 5.74) is 0.573. The number of anilines is 1. The number of ether oxygens (including phenoxy) is 1. The van der Waals surface area contributed by atoms with Crippen LogP contribution < -0.4 is 9.64 Å². The van der Waals surface area contributed by atoms with Gasteiger partial charge in [0.25, 0.3) is 5.88 Å². The molecule has 126 valence electrons. The van der Waals surface area contributed by atoms with Gasteiger partial charge in [0.1, 0.15) is 5.82 Å². The molecular weight excluding hydrogens is 309 g/mol. The first-order valence-electron chi connectivity index (χ1n) is 8.17. The lowest BCUT2D eigenvalue weighted by Crippen LogP contribution is -2.37. The Morgan fingerprint density at radius 1 is 1.21 bits per heavy atom. The Morgan fingerprint density at radius 2 is 1.88 bits per heavy atom. The van der Waals surface area contributed by atoms with Gasteiger partial charge in [-0.3, -0.25) is 4.79 Å². The van der Waals surface area contributed by atoms with E-state index in [1.165, 1.54) is 12.1 Å². The largest absolute Gasteiger partial charge is 0.475 e. The summed E-state index contributed by atoms with van der Waals surface area (Å²) in [6.45, 7) is 3.88. The summed E-state index contributed by atoms with van der Waals surface area (Å²) in [5.74, 6) is 0.973. The number of Topliss-reactive ketones (excluding diaryl/α,β-unsaturated/α-hetero) is 1. The van der Waals surface area contributed by atoms with Gasteiger partial charge in [0.2, 0.25) is 0 Å². The second-order valence-electron chi connectivity index (χ2n) is 5.75. The molecule has 0 saturated carbocycles. The van der Waals surface area contributed by atoms with Crippen molar-refractivity contribution in [3.8, 4) is 5.88 Å². The van der Waals surface area contributed by atoms with E-state index in [4.69, 9.17) is 4.74 Å². The van der Waals surface area contributed by atoms with Gasteiger partial charge in [0.15, 0.2) is 11.6 Å². The van der Waals surface area contributed by atoms with E-state index in [0.29, 0.717) is 18.1 Å². The monoisotopic (exact) mass is 329 g/mol. The Balaban J connectivity index is 1.65. The van der Waals surface area contributed by atoms with Crippen molar-refractivity contribution in [2.24, 2.45) is 5.92 Å². The van der Waals surface area contributed by atoms with Gasteiger partial charge < -0.3 is 9.64 Å². The fraction of sp³-hybridized carbons (Fsp3) is 0.389. The third kappa shape index (κ3) is 3.53. The summed E-state index contributed by atoms with van der Waals surface area (Å²) in [4.78, 5) is 23.2. The first-order chi connectivity index (χ1) is 11.7. The number of rotatable bonds is 5. The molecule has 1 saturated heterocycles. The SMILES string of the molecule is CCOc1nccnc1N1CCC(C(=O)c2ccc(F)cc2)CC1. The Morgan fingerprint density at radius 3 is 2.54 bits per heavy atom. The van der Waals surface area contributed by atoms with Gasteiger partial charge in [-0.2, -0.15) is 0 Å². The molecule has 1 fully saturated rings. The quantitative estimate of drug-likeness (QED) is 0.789. The summed E-state index contributed by atoms with van der Waals surface area (Å²) in [7, 11) is 0. The van der Waals surface area contributed by atoms with Crippen LogP contribution in [0, 0.1) is 11.7 Å². The number of carbonyl (C=O) groups is 1. The van der Waals surface area contributed by atoms with Crippen molar-refractivity contribution in [2.75, 3.05) is 24.6 Å². The zero-order valence-corrected chi connectivity index (χ0v) is 13.6. The summed E-state index contributed by atoms with van der Waals surface area (Å²) >= 11 is 0. The van der Waals surface area contributed by atoms with Crippen LogP contribution in [-0.4, -0.2) is 35.4 Å². The van der Waals surface area contributed by atoms with Crippen LogP contribution in [0.2, 0.25) is 0 Å². The number of hydrogen-bond acceptors (Lipinski definition) is 5. The number of benzene rings is 1. The third-order valence-electron chi connectivity index (χ3n) is 4.22. The van der Waals surface area contributed by atoms with Crippen LogP contribution in [0.3, 0.4) is 0 Å². The highest BCUT2D eigenvalue weighted by Gasteiger charge is 2.27. The van der Waals surface area contributed by atoms with E-state index in [-0.39, 0.29) is 17.5 Å². The van der Waals surface area contributed by atoms with Crippen molar-refractivity contribution in [3.05, 3.63) is 48.0 Å². The van der Waals surface area contributed by atoms with E-state index in [2.05, 4.69) is 14.9 Å². The van der Waals surface area contributed by atoms with Crippen LogP contribution in [0.25, 0.3) is 0 Å². The number of carbonyl (C=O) groups excluding carboxylic acids is 1. The van der Waals surface area contributed by atoms with Crippen LogP contribution in [0.4, 0.5) is 10.2 Å². The predicted octanol–water partition coefficient (Wildman–Crippen LogP) is 3.11. The zero-order chi connectivity index (χ0) is 16.9. The van der Waals surface area contributed by atoms with Crippen molar-refractivity contribution in [3.63, 3.8) is 0 Å². The van der Waals surface area contributed by atoms with Gasteiger partial charge in [0.05, 0.1) is 6.61 Å². The molecule has 1 aromatic heterocycles. The molecular formula is C18H20FN3O2. The van der Waals surface area contributed by atoms with Crippen LogP contribution >= 0.6 is 0 Å². The molecule has 0 radical (unpaired) electrons. The normalized spacial score (nSPS) is 15.3. The summed E-state index contributed by atoms with van der Waals surface area (Å²) < 4.78 is 18.5. The van der Waals surface area contributed by atoms with E-state index in [0.717, 1.165) is 31.7 Å². The van der Waals surface area contributed by atoms with E-state index in [9.17, 15) is 9.18 Å². The Hall–Kier alpha value is -2.50. The molecule has 0 aliphatic carbocycles. The molecule has 2 heterocycles.